The summed E-state index contributed by atoms with van der Waals surface area (Å²) in [6, 6.07) is 1.98. The van der Waals surface area contributed by atoms with Crippen LogP contribution < -0.4 is 10.6 Å². The Morgan fingerprint density at radius 2 is 2.00 bits per heavy atom. The zero-order chi connectivity index (χ0) is 17.5. The van der Waals surface area contributed by atoms with Gasteiger partial charge in [-0.15, -0.1) is 0 Å². The number of alkyl halides is 3. The normalized spacial score (nSPS) is 17.9. The first-order valence-electron chi connectivity index (χ1n) is 7.13. The number of hydrogen-bond donors (Lipinski definition) is 2. The van der Waals surface area contributed by atoms with E-state index in [2.05, 4.69) is 36.1 Å². The Morgan fingerprint density at radius 1 is 1.33 bits per heavy atom. The van der Waals surface area contributed by atoms with Gasteiger partial charge in [-0.25, -0.2) is 4.98 Å². The summed E-state index contributed by atoms with van der Waals surface area (Å²) in [5.41, 5.74) is 5.14. The van der Waals surface area contributed by atoms with Crippen LogP contribution in [-0.4, -0.2) is 45.0 Å². The van der Waals surface area contributed by atoms with Crippen LogP contribution >= 0.6 is 15.9 Å². The second kappa shape index (κ2) is 5.86. The lowest BCUT2D eigenvalue weighted by Gasteiger charge is -2.39. The summed E-state index contributed by atoms with van der Waals surface area (Å²) in [5, 5.41) is 16.3. The Kier molecular flexibility index (Phi) is 4.13. The number of aromatic nitrogens is 4. The van der Waals surface area contributed by atoms with Gasteiger partial charge in [0.25, 0.3) is 0 Å². The quantitative estimate of drug-likeness (QED) is 0.795. The van der Waals surface area contributed by atoms with E-state index in [1.54, 1.807) is 4.90 Å². The molecule has 3 heterocycles. The van der Waals surface area contributed by atoms with Crippen molar-refractivity contribution in [1.82, 2.24) is 20.2 Å². The average Bonchev–Trinajstić information content (AvgIpc) is 2.86. The number of nitrogens with zero attached hydrogens (tertiary/aromatic N) is 5. The van der Waals surface area contributed by atoms with Crippen LogP contribution in [0.25, 0.3) is 11.0 Å². The molecule has 1 aliphatic heterocycles. The molecule has 0 radical (unpaired) electrons. The van der Waals surface area contributed by atoms with Crippen molar-refractivity contribution in [3.8, 4) is 6.07 Å². The molecule has 3 rings (SSSR count). The molecule has 2 aromatic rings. The van der Waals surface area contributed by atoms with E-state index in [0.29, 0.717) is 15.6 Å². The first-order chi connectivity index (χ1) is 11.2. The van der Waals surface area contributed by atoms with Gasteiger partial charge in [-0.2, -0.15) is 28.5 Å². The molecule has 11 heteroatoms. The zero-order valence-corrected chi connectivity index (χ0v) is 13.9. The fourth-order valence-corrected chi connectivity index (χ4v) is 3.30. The first kappa shape index (κ1) is 16.9. The van der Waals surface area contributed by atoms with Crippen molar-refractivity contribution in [2.24, 2.45) is 5.73 Å². The summed E-state index contributed by atoms with van der Waals surface area (Å²) in [6.45, 7) is 0.580. The van der Waals surface area contributed by atoms with Crippen LogP contribution in [0.5, 0.6) is 0 Å². The second-order valence-corrected chi connectivity index (χ2v) is 6.61. The van der Waals surface area contributed by atoms with Crippen LogP contribution in [0.1, 0.15) is 25.0 Å². The highest BCUT2D eigenvalue weighted by molar-refractivity contribution is 9.10. The monoisotopic (exact) mass is 403 g/mol. The van der Waals surface area contributed by atoms with Crippen LogP contribution in [0.3, 0.4) is 0 Å². The third kappa shape index (κ3) is 3.29. The Hall–Kier alpha value is -1.93. The highest BCUT2D eigenvalue weighted by atomic mass is 79.9. The number of aromatic amines is 1. The summed E-state index contributed by atoms with van der Waals surface area (Å²) in [5.74, 6) is 0.282. The van der Waals surface area contributed by atoms with Gasteiger partial charge in [-0.3, -0.25) is 5.10 Å². The van der Waals surface area contributed by atoms with Gasteiger partial charge in [0.15, 0.2) is 11.3 Å². The second-order valence-electron chi connectivity index (χ2n) is 5.86. The zero-order valence-electron chi connectivity index (χ0n) is 12.4. The number of piperidine rings is 1. The summed E-state index contributed by atoms with van der Waals surface area (Å²) >= 11 is 3.21. The number of halogens is 4. The Balaban J connectivity index is 1.82. The molecule has 1 saturated heterocycles. The summed E-state index contributed by atoms with van der Waals surface area (Å²) in [7, 11) is 0. The van der Waals surface area contributed by atoms with Gasteiger partial charge in [-0.05, 0) is 28.8 Å². The Morgan fingerprint density at radius 3 is 2.58 bits per heavy atom. The van der Waals surface area contributed by atoms with E-state index in [9.17, 15) is 18.4 Å². The van der Waals surface area contributed by atoms with Crippen LogP contribution in [0.4, 0.5) is 19.1 Å². The van der Waals surface area contributed by atoms with Crippen molar-refractivity contribution in [1.29, 1.82) is 5.26 Å². The van der Waals surface area contributed by atoms with E-state index in [4.69, 9.17) is 5.73 Å². The number of anilines is 1. The van der Waals surface area contributed by atoms with Crippen molar-refractivity contribution in [2.45, 2.75) is 31.0 Å². The van der Waals surface area contributed by atoms with Gasteiger partial charge >= 0.3 is 6.18 Å². The molecule has 1 aliphatic rings. The maximum Gasteiger partial charge on any atom is 0.390 e. The molecule has 0 amide bonds. The average molecular weight is 404 g/mol. The number of nitrogens with two attached hydrogens (primary N) is 1. The fraction of sp³-hybridized carbons (Fsp3) is 0.538. The van der Waals surface area contributed by atoms with Gasteiger partial charge in [0.2, 0.25) is 5.95 Å². The molecule has 3 N–H and O–H groups in total. The number of fused-ring (bicyclic) bond motifs is 1. The van der Waals surface area contributed by atoms with Gasteiger partial charge in [0, 0.05) is 18.6 Å². The number of nitrogens with one attached hydrogen (secondary N) is 1. The molecular formula is C13H13BrF3N7. The summed E-state index contributed by atoms with van der Waals surface area (Å²) < 4.78 is 38.3. The molecule has 0 aromatic carbocycles. The van der Waals surface area contributed by atoms with Gasteiger partial charge < -0.3 is 10.6 Å². The van der Waals surface area contributed by atoms with Crippen LogP contribution in [-0.2, 0) is 0 Å². The number of rotatable bonds is 2. The molecular weight excluding hydrogens is 391 g/mol. The summed E-state index contributed by atoms with van der Waals surface area (Å²) in [4.78, 5) is 10.2. The molecule has 24 heavy (non-hydrogen) atoms. The lowest BCUT2D eigenvalue weighted by atomic mass is 9.85. The van der Waals surface area contributed by atoms with Crippen molar-refractivity contribution in [2.75, 3.05) is 18.0 Å². The molecule has 0 spiro atoms. The molecule has 0 atom stereocenters. The predicted molar refractivity (Wildman–Crippen MR) is 83.1 cm³/mol. The Bertz CT molecular complexity index is 802. The minimum Gasteiger partial charge on any atom is -0.341 e. The van der Waals surface area contributed by atoms with Crippen molar-refractivity contribution >= 4 is 32.9 Å². The lowest BCUT2D eigenvalue weighted by molar-refractivity contribution is -0.148. The topological polar surface area (TPSA) is 108 Å². The molecule has 0 aliphatic carbocycles. The molecule has 0 unspecified atom stereocenters. The first-order valence-corrected chi connectivity index (χ1v) is 7.92. The van der Waals surface area contributed by atoms with Gasteiger partial charge in [0.05, 0.1) is 11.8 Å². The molecule has 128 valence electrons. The van der Waals surface area contributed by atoms with Crippen LogP contribution in [0, 0.1) is 11.3 Å². The van der Waals surface area contributed by atoms with Crippen molar-refractivity contribution in [3.05, 3.63) is 10.3 Å². The molecule has 1 fully saturated rings. The van der Waals surface area contributed by atoms with E-state index >= 15 is 0 Å². The SMILES string of the molecule is N#Cc1nc(N2CCC(N)(CC(F)(F)F)CC2)nc2[nH]nc(Br)c12. The maximum absolute atomic E-state index is 12.6. The highest BCUT2D eigenvalue weighted by Gasteiger charge is 2.42. The summed E-state index contributed by atoms with van der Waals surface area (Å²) in [6.07, 6.45) is -4.96. The van der Waals surface area contributed by atoms with Gasteiger partial charge in [0.1, 0.15) is 10.7 Å². The molecule has 7 nitrogen and oxygen atoms in total. The van der Waals surface area contributed by atoms with Crippen LogP contribution in [0.2, 0.25) is 0 Å². The minimum absolute atomic E-state index is 0.149. The molecule has 0 saturated carbocycles. The lowest BCUT2D eigenvalue weighted by Crippen LogP contribution is -2.53. The standard InChI is InChI=1S/C13H13BrF3N7/c14-9-8-7(5-18)20-11(21-10(8)23-22-9)24-3-1-12(19,2-4-24)6-13(15,16)17/h1-4,6,19H2,(H,20,21,22,23). The maximum atomic E-state index is 12.6. The Labute approximate surface area is 143 Å². The number of hydrogen-bond acceptors (Lipinski definition) is 6. The minimum atomic E-state index is -4.29. The van der Waals surface area contributed by atoms with E-state index < -0.39 is 18.1 Å². The van der Waals surface area contributed by atoms with Crippen LogP contribution in [0.15, 0.2) is 4.60 Å². The van der Waals surface area contributed by atoms with Crippen molar-refractivity contribution in [3.63, 3.8) is 0 Å². The van der Waals surface area contributed by atoms with Gasteiger partial charge in [-0.1, -0.05) is 0 Å². The molecule has 2 aromatic heterocycles. The predicted octanol–water partition coefficient (Wildman–Crippen LogP) is 2.24. The largest absolute Gasteiger partial charge is 0.390 e. The van der Waals surface area contributed by atoms with E-state index in [1.165, 1.54) is 0 Å². The van der Waals surface area contributed by atoms with E-state index in [1.807, 2.05) is 6.07 Å². The van der Waals surface area contributed by atoms with E-state index in [0.717, 1.165) is 0 Å². The fourth-order valence-electron chi connectivity index (χ4n) is 2.83. The highest BCUT2D eigenvalue weighted by Crippen LogP contribution is 2.34. The van der Waals surface area contributed by atoms with Crippen molar-refractivity contribution < 1.29 is 13.2 Å². The smallest absolute Gasteiger partial charge is 0.341 e. The third-order valence-electron chi connectivity index (χ3n) is 4.06. The third-order valence-corrected chi connectivity index (χ3v) is 4.64. The number of H-pyrrole nitrogens is 1. The number of nitriles is 1. The molecule has 0 bridgehead atoms. The van der Waals surface area contributed by atoms with E-state index in [-0.39, 0.29) is 37.6 Å².